The fourth-order valence-corrected chi connectivity index (χ4v) is 3.26. The van der Waals surface area contributed by atoms with Crippen molar-refractivity contribution < 1.29 is 8.42 Å². The highest BCUT2D eigenvalue weighted by Crippen LogP contribution is 2.35. The van der Waals surface area contributed by atoms with Gasteiger partial charge in [-0.15, -0.1) is 0 Å². The Kier molecular flexibility index (Phi) is 3.72. The van der Waals surface area contributed by atoms with E-state index in [2.05, 4.69) is 34.6 Å². The molecular weight excluding hydrogens is 232 g/mol. The molecule has 3 heteroatoms. The lowest BCUT2D eigenvalue weighted by atomic mass is 9.81. The van der Waals surface area contributed by atoms with Crippen LogP contribution in [-0.2, 0) is 15.3 Å². The first-order valence-electron chi connectivity index (χ1n) is 5.88. The van der Waals surface area contributed by atoms with Crippen LogP contribution in [0.15, 0.2) is 23.1 Å². The second-order valence-electron chi connectivity index (χ2n) is 5.90. The van der Waals surface area contributed by atoms with E-state index in [1.165, 1.54) is 6.26 Å². The van der Waals surface area contributed by atoms with Crippen LogP contribution in [0.25, 0.3) is 0 Å². The highest BCUT2D eigenvalue weighted by Gasteiger charge is 2.26. The predicted molar refractivity (Wildman–Crippen MR) is 72.3 cm³/mol. The minimum Gasteiger partial charge on any atom is -0.224 e. The molecule has 0 aliphatic heterocycles. The van der Waals surface area contributed by atoms with E-state index >= 15 is 0 Å². The highest BCUT2D eigenvalue weighted by atomic mass is 32.2. The minimum atomic E-state index is -3.17. The van der Waals surface area contributed by atoms with Crippen molar-refractivity contribution in [2.24, 2.45) is 0 Å². The van der Waals surface area contributed by atoms with Crippen LogP contribution in [-0.4, -0.2) is 14.7 Å². The lowest BCUT2D eigenvalue weighted by Crippen LogP contribution is -2.19. The molecule has 2 nitrogen and oxygen atoms in total. The number of hydrogen-bond donors (Lipinski definition) is 0. The van der Waals surface area contributed by atoms with Crippen molar-refractivity contribution in [3.05, 3.63) is 29.3 Å². The van der Waals surface area contributed by atoms with Crippen LogP contribution in [0.4, 0.5) is 0 Å². The van der Waals surface area contributed by atoms with Crippen molar-refractivity contribution in [3.63, 3.8) is 0 Å². The lowest BCUT2D eigenvalue weighted by Gasteiger charge is -2.27. The van der Waals surface area contributed by atoms with Crippen LogP contribution in [0.2, 0.25) is 0 Å². The third kappa shape index (κ3) is 3.09. The Labute approximate surface area is 105 Å². The van der Waals surface area contributed by atoms with Gasteiger partial charge in [0.25, 0.3) is 0 Å². The largest absolute Gasteiger partial charge is 0.224 e. The van der Waals surface area contributed by atoms with Gasteiger partial charge in [0.15, 0.2) is 9.84 Å². The van der Waals surface area contributed by atoms with Gasteiger partial charge in [-0.3, -0.25) is 0 Å². The van der Waals surface area contributed by atoms with E-state index < -0.39 is 9.84 Å². The first-order chi connectivity index (χ1) is 7.55. The van der Waals surface area contributed by atoms with E-state index in [9.17, 15) is 8.42 Å². The molecule has 96 valence electrons. The van der Waals surface area contributed by atoms with Gasteiger partial charge in [-0.25, -0.2) is 8.42 Å². The molecule has 1 aromatic rings. The number of benzene rings is 1. The molecule has 1 rings (SSSR count). The summed E-state index contributed by atoms with van der Waals surface area (Å²) in [4.78, 5) is 0.469. The van der Waals surface area contributed by atoms with Crippen LogP contribution in [0, 0.1) is 0 Å². The summed E-state index contributed by atoms with van der Waals surface area (Å²) in [5.74, 6) is 0.325. The Morgan fingerprint density at radius 2 is 1.65 bits per heavy atom. The van der Waals surface area contributed by atoms with Gasteiger partial charge < -0.3 is 0 Å². The Morgan fingerprint density at radius 1 is 1.12 bits per heavy atom. The van der Waals surface area contributed by atoms with Gasteiger partial charge >= 0.3 is 0 Å². The Balaban J connectivity index is 3.70. The van der Waals surface area contributed by atoms with Gasteiger partial charge in [-0.05, 0) is 28.5 Å². The molecule has 0 radical (unpaired) electrons. The zero-order valence-corrected chi connectivity index (χ0v) is 12.4. The zero-order chi connectivity index (χ0) is 13.4. The molecule has 1 aromatic carbocycles. The van der Waals surface area contributed by atoms with Gasteiger partial charge in [0.1, 0.15) is 0 Å². The van der Waals surface area contributed by atoms with E-state index in [1.807, 2.05) is 12.1 Å². The van der Waals surface area contributed by atoms with Crippen molar-refractivity contribution in [3.8, 4) is 0 Å². The van der Waals surface area contributed by atoms with E-state index in [4.69, 9.17) is 0 Å². The maximum absolute atomic E-state index is 11.9. The van der Waals surface area contributed by atoms with Crippen LogP contribution < -0.4 is 0 Å². The summed E-state index contributed by atoms with van der Waals surface area (Å²) in [6.07, 6.45) is 1.28. The van der Waals surface area contributed by atoms with E-state index in [1.54, 1.807) is 6.07 Å². The summed E-state index contributed by atoms with van der Waals surface area (Å²) < 4.78 is 23.8. The van der Waals surface area contributed by atoms with E-state index in [0.29, 0.717) is 10.8 Å². The summed E-state index contributed by atoms with van der Waals surface area (Å²) in [7, 11) is -3.17. The summed E-state index contributed by atoms with van der Waals surface area (Å²) in [5, 5.41) is 0. The van der Waals surface area contributed by atoms with Crippen molar-refractivity contribution in [1.29, 1.82) is 0 Å². The van der Waals surface area contributed by atoms with Crippen molar-refractivity contribution in [2.45, 2.75) is 50.8 Å². The molecule has 0 unspecified atom stereocenters. The van der Waals surface area contributed by atoms with Gasteiger partial charge in [-0.2, -0.15) is 0 Å². The predicted octanol–water partition coefficient (Wildman–Crippen LogP) is 3.51. The Morgan fingerprint density at radius 3 is 2.00 bits per heavy atom. The summed E-state index contributed by atoms with van der Waals surface area (Å²) in [6, 6.07) is 5.57. The molecule has 0 atom stereocenters. The Bertz CT molecular complexity index is 506. The molecule has 0 spiro atoms. The summed E-state index contributed by atoms with van der Waals surface area (Å²) in [5.41, 5.74) is 1.91. The fraction of sp³-hybridized carbons (Fsp3) is 0.571. The van der Waals surface area contributed by atoms with Crippen LogP contribution in [0.5, 0.6) is 0 Å². The second-order valence-corrected chi connectivity index (χ2v) is 7.88. The quantitative estimate of drug-likeness (QED) is 0.809. The first-order valence-corrected chi connectivity index (χ1v) is 7.77. The van der Waals surface area contributed by atoms with Gasteiger partial charge in [0.05, 0.1) is 4.90 Å². The Hall–Kier alpha value is -0.830. The average Bonchev–Trinajstić information content (AvgIpc) is 2.13. The molecular formula is C14H22O2S. The van der Waals surface area contributed by atoms with Gasteiger partial charge in [0, 0.05) is 6.26 Å². The molecule has 0 amide bonds. The van der Waals surface area contributed by atoms with Crippen molar-refractivity contribution in [1.82, 2.24) is 0 Å². The standard InChI is InChI=1S/C14H22O2S/c1-10(2)11-8-7-9-12(17(6,15)16)13(11)14(3,4)5/h7-10H,1-6H3. The second kappa shape index (κ2) is 4.45. The molecule has 0 bridgehead atoms. The molecule has 0 saturated carbocycles. The topological polar surface area (TPSA) is 34.1 Å². The molecule has 0 aliphatic rings. The van der Waals surface area contributed by atoms with E-state index in [0.717, 1.165) is 11.1 Å². The number of hydrogen-bond acceptors (Lipinski definition) is 2. The highest BCUT2D eigenvalue weighted by molar-refractivity contribution is 7.90. The fourth-order valence-electron chi connectivity index (χ4n) is 2.14. The molecule has 0 fully saturated rings. The SMILES string of the molecule is CC(C)c1cccc(S(C)(=O)=O)c1C(C)(C)C. The third-order valence-corrected chi connectivity index (χ3v) is 3.97. The third-order valence-electron chi connectivity index (χ3n) is 2.83. The number of rotatable bonds is 2. The zero-order valence-electron chi connectivity index (χ0n) is 11.5. The maximum atomic E-state index is 11.9. The van der Waals surface area contributed by atoms with Gasteiger partial charge in [0.2, 0.25) is 0 Å². The minimum absolute atomic E-state index is 0.167. The maximum Gasteiger partial charge on any atom is 0.175 e. The van der Waals surface area contributed by atoms with Crippen molar-refractivity contribution >= 4 is 9.84 Å². The smallest absolute Gasteiger partial charge is 0.175 e. The van der Waals surface area contributed by atoms with Crippen LogP contribution >= 0.6 is 0 Å². The normalized spacial score (nSPS) is 13.1. The number of sulfone groups is 1. The summed E-state index contributed by atoms with van der Waals surface area (Å²) in [6.45, 7) is 10.4. The molecule has 0 aromatic heterocycles. The van der Waals surface area contributed by atoms with Gasteiger partial charge in [-0.1, -0.05) is 46.8 Å². The molecule has 17 heavy (non-hydrogen) atoms. The van der Waals surface area contributed by atoms with Crippen LogP contribution in [0.3, 0.4) is 0 Å². The monoisotopic (exact) mass is 254 g/mol. The molecule has 0 N–H and O–H groups in total. The molecule has 0 heterocycles. The van der Waals surface area contributed by atoms with Crippen LogP contribution in [0.1, 0.15) is 51.7 Å². The molecule has 0 saturated heterocycles. The molecule has 0 aliphatic carbocycles. The first kappa shape index (κ1) is 14.2. The summed E-state index contributed by atoms with van der Waals surface area (Å²) >= 11 is 0. The van der Waals surface area contributed by atoms with E-state index in [-0.39, 0.29) is 5.41 Å². The lowest BCUT2D eigenvalue weighted by molar-refractivity contribution is 0.553. The average molecular weight is 254 g/mol. The van der Waals surface area contributed by atoms with Crippen molar-refractivity contribution in [2.75, 3.05) is 6.26 Å².